The van der Waals surface area contributed by atoms with Crippen molar-refractivity contribution >= 4 is 11.4 Å². The lowest BCUT2D eigenvalue weighted by molar-refractivity contribution is 1.14. The smallest absolute Gasteiger partial charge is 0.107 e. The Morgan fingerprint density at radius 1 is 0.812 bits per heavy atom. The van der Waals surface area contributed by atoms with Gasteiger partial charge in [-0.05, 0) is 37.1 Å². The second-order valence-electron chi connectivity index (χ2n) is 3.52. The molecule has 0 fully saturated rings. The molecule has 0 aliphatic rings. The van der Waals surface area contributed by atoms with Crippen molar-refractivity contribution < 1.29 is 0 Å². The van der Waals surface area contributed by atoms with Crippen LogP contribution in [-0.4, -0.2) is 9.97 Å². The van der Waals surface area contributed by atoms with E-state index in [0.717, 1.165) is 22.5 Å². The van der Waals surface area contributed by atoms with Gasteiger partial charge in [0.15, 0.2) is 0 Å². The lowest BCUT2D eigenvalue weighted by Crippen LogP contribution is -1.77. The molecule has 0 radical (unpaired) electrons. The first-order valence-electron chi connectivity index (χ1n) is 5.00. The van der Waals surface area contributed by atoms with Crippen molar-refractivity contribution in [1.82, 2.24) is 9.97 Å². The monoisotopic (exact) mass is 212 g/mol. The minimum atomic E-state index is 0.783. The SMILES string of the molecule is Cc1ccncc1N=Nc1cnccc1C. The highest BCUT2D eigenvalue weighted by molar-refractivity contribution is 5.45. The molecule has 4 nitrogen and oxygen atoms in total. The van der Waals surface area contributed by atoms with Gasteiger partial charge in [0.05, 0.1) is 12.4 Å². The zero-order valence-electron chi connectivity index (χ0n) is 9.25. The van der Waals surface area contributed by atoms with Crippen LogP contribution in [0.2, 0.25) is 0 Å². The third-order valence-electron chi connectivity index (χ3n) is 2.29. The molecule has 2 heterocycles. The molecule has 0 amide bonds. The summed E-state index contributed by atoms with van der Waals surface area (Å²) in [5, 5.41) is 8.32. The van der Waals surface area contributed by atoms with Crippen molar-refractivity contribution in [2.75, 3.05) is 0 Å². The summed E-state index contributed by atoms with van der Waals surface area (Å²) in [4.78, 5) is 8.02. The van der Waals surface area contributed by atoms with Crippen LogP contribution in [0, 0.1) is 13.8 Å². The standard InChI is InChI=1S/C12H12N4/c1-9-3-5-13-7-11(9)15-16-12-8-14-6-4-10(12)2/h3-8H,1-2H3. The molecule has 16 heavy (non-hydrogen) atoms. The number of aromatic nitrogens is 2. The molecule has 0 unspecified atom stereocenters. The van der Waals surface area contributed by atoms with Gasteiger partial charge in [-0.3, -0.25) is 9.97 Å². The lowest BCUT2D eigenvalue weighted by Gasteiger charge is -1.98. The van der Waals surface area contributed by atoms with Gasteiger partial charge in [-0.25, -0.2) is 0 Å². The first-order valence-corrected chi connectivity index (χ1v) is 5.00. The molecular weight excluding hydrogens is 200 g/mol. The Balaban J connectivity index is 2.29. The van der Waals surface area contributed by atoms with Gasteiger partial charge in [-0.2, -0.15) is 0 Å². The number of azo groups is 1. The average molecular weight is 212 g/mol. The van der Waals surface area contributed by atoms with Crippen LogP contribution in [0.5, 0.6) is 0 Å². The van der Waals surface area contributed by atoms with Crippen molar-refractivity contribution in [2.45, 2.75) is 13.8 Å². The maximum atomic E-state index is 4.16. The Labute approximate surface area is 94.1 Å². The number of nitrogens with zero attached hydrogens (tertiary/aromatic N) is 4. The Bertz CT molecular complexity index is 472. The number of hydrogen-bond acceptors (Lipinski definition) is 4. The summed E-state index contributed by atoms with van der Waals surface area (Å²) in [5.41, 5.74) is 3.68. The maximum absolute atomic E-state index is 4.16. The molecule has 2 aromatic heterocycles. The van der Waals surface area contributed by atoms with E-state index in [1.807, 2.05) is 26.0 Å². The van der Waals surface area contributed by atoms with Gasteiger partial charge in [0.2, 0.25) is 0 Å². The van der Waals surface area contributed by atoms with E-state index in [9.17, 15) is 0 Å². The maximum Gasteiger partial charge on any atom is 0.107 e. The molecule has 0 N–H and O–H groups in total. The zero-order chi connectivity index (χ0) is 11.4. The first kappa shape index (κ1) is 10.4. The number of hydrogen-bond donors (Lipinski definition) is 0. The van der Waals surface area contributed by atoms with Crippen LogP contribution in [0.1, 0.15) is 11.1 Å². The molecule has 4 heteroatoms. The molecule has 0 atom stereocenters. The zero-order valence-corrected chi connectivity index (χ0v) is 9.25. The summed E-state index contributed by atoms with van der Waals surface area (Å²) in [6.07, 6.45) is 6.88. The Kier molecular flexibility index (Phi) is 3.00. The van der Waals surface area contributed by atoms with Crippen molar-refractivity contribution in [3.63, 3.8) is 0 Å². The number of pyridine rings is 2. The van der Waals surface area contributed by atoms with Crippen molar-refractivity contribution in [2.24, 2.45) is 10.2 Å². The first-order chi connectivity index (χ1) is 7.77. The fourth-order valence-corrected chi connectivity index (χ4v) is 1.23. The molecule has 0 bridgehead atoms. The highest BCUT2D eigenvalue weighted by Gasteiger charge is 1.97. The van der Waals surface area contributed by atoms with E-state index in [-0.39, 0.29) is 0 Å². The highest BCUT2D eigenvalue weighted by atomic mass is 15.1. The number of rotatable bonds is 2. The molecule has 0 saturated heterocycles. The summed E-state index contributed by atoms with van der Waals surface area (Å²) in [6, 6.07) is 3.81. The van der Waals surface area contributed by atoms with E-state index in [1.54, 1.807) is 24.8 Å². The summed E-state index contributed by atoms with van der Waals surface area (Å²) in [7, 11) is 0. The summed E-state index contributed by atoms with van der Waals surface area (Å²) >= 11 is 0. The minimum absolute atomic E-state index is 0.783. The second kappa shape index (κ2) is 4.61. The van der Waals surface area contributed by atoms with E-state index in [2.05, 4.69) is 20.2 Å². The summed E-state index contributed by atoms with van der Waals surface area (Å²) < 4.78 is 0. The Morgan fingerprint density at radius 2 is 1.25 bits per heavy atom. The van der Waals surface area contributed by atoms with Gasteiger partial charge < -0.3 is 0 Å². The van der Waals surface area contributed by atoms with Crippen molar-refractivity contribution in [3.05, 3.63) is 48.0 Å². The van der Waals surface area contributed by atoms with E-state index in [4.69, 9.17) is 0 Å². The van der Waals surface area contributed by atoms with Crippen molar-refractivity contribution in [1.29, 1.82) is 0 Å². The van der Waals surface area contributed by atoms with Gasteiger partial charge in [0.25, 0.3) is 0 Å². The van der Waals surface area contributed by atoms with Gasteiger partial charge in [0, 0.05) is 12.4 Å². The minimum Gasteiger partial charge on any atom is -0.262 e. The molecular formula is C12H12N4. The van der Waals surface area contributed by atoms with Gasteiger partial charge in [-0.1, -0.05) is 0 Å². The predicted octanol–water partition coefficient (Wildman–Crippen LogP) is 3.51. The molecule has 0 saturated carbocycles. The van der Waals surface area contributed by atoms with Crippen LogP contribution in [0.15, 0.2) is 47.1 Å². The summed E-state index contributed by atoms with van der Waals surface area (Å²) in [6.45, 7) is 3.96. The molecule has 0 aromatic carbocycles. The third kappa shape index (κ3) is 2.28. The summed E-state index contributed by atoms with van der Waals surface area (Å²) in [5.74, 6) is 0. The molecule has 0 spiro atoms. The molecule has 2 aromatic rings. The fraction of sp³-hybridized carbons (Fsp3) is 0.167. The van der Waals surface area contributed by atoms with Crippen LogP contribution < -0.4 is 0 Å². The van der Waals surface area contributed by atoms with Gasteiger partial charge in [0.1, 0.15) is 11.4 Å². The highest BCUT2D eigenvalue weighted by Crippen LogP contribution is 2.21. The number of aryl methyl sites for hydroxylation is 2. The quantitative estimate of drug-likeness (QED) is 0.715. The van der Waals surface area contributed by atoms with Crippen LogP contribution in [0.25, 0.3) is 0 Å². The average Bonchev–Trinajstić information content (AvgIpc) is 2.30. The largest absolute Gasteiger partial charge is 0.262 e. The Hall–Kier alpha value is -2.10. The second-order valence-corrected chi connectivity index (χ2v) is 3.52. The molecule has 2 rings (SSSR count). The van der Waals surface area contributed by atoms with Crippen molar-refractivity contribution in [3.8, 4) is 0 Å². The van der Waals surface area contributed by atoms with E-state index in [0.29, 0.717) is 0 Å². The fourth-order valence-electron chi connectivity index (χ4n) is 1.23. The van der Waals surface area contributed by atoms with E-state index in [1.165, 1.54) is 0 Å². The predicted molar refractivity (Wildman–Crippen MR) is 62.1 cm³/mol. The molecule has 0 aliphatic heterocycles. The van der Waals surface area contributed by atoms with E-state index < -0.39 is 0 Å². The normalized spacial score (nSPS) is 10.9. The van der Waals surface area contributed by atoms with E-state index >= 15 is 0 Å². The van der Waals surface area contributed by atoms with Gasteiger partial charge >= 0.3 is 0 Å². The van der Waals surface area contributed by atoms with Gasteiger partial charge in [-0.15, -0.1) is 10.2 Å². The molecule has 80 valence electrons. The topological polar surface area (TPSA) is 50.5 Å². The third-order valence-corrected chi connectivity index (χ3v) is 2.29. The molecule has 0 aliphatic carbocycles. The van der Waals surface area contributed by atoms with Crippen LogP contribution in [0.3, 0.4) is 0 Å². The Morgan fingerprint density at radius 3 is 1.62 bits per heavy atom. The van der Waals surface area contributed by atoms with Crippen LogP contribution >= 0.6 is 0 Å². The van der Waals surface area contributed by atoms with Crippen LogP contribution in [0.4, 0.5) is 11.4 Å². The van der Waals surface area contributed by atoms with Crippen LogP contribution in [-0.2, 0) is 0 Å². The lowest BCUT2D eigenvalue weighted by atomic mass is 10.2.